The van der Waals surface area contributed by atoms with Crippen LogP contribution < -0.4 is 5.32 Å². The molecule has 0 amide bonds. The molecule has 1 aromatic carbocycles. The SMILES string of the molecule is CCNCC(C)(C)c1ccc(C(C)(C)C)cc1. The third kappa shape index (κ3) is 3.85. The molecule has 0 aliphatic carbocycles. The molecular formula is C16H27N. The van der Waals surface area contributed by atoms with Crippen molar-refractivity contribution in [3.63, 3.8) is 0 Å². The summed E-state index contributed by atoms with van der Waals surface area (Å²) in [5.41, 5.74) is 3.25. The van der Waals surface area contributed by atoms with Gasteiger partial charge in [-0.15, -0.1) is 0 Å². The average Bonchev–Trinajstić information content (AvgIpc) is 2.25. The van der Waals surface area contributed by atoms with Crippen LogP contribution in [0.15, 0.2) is 24.3 Å². The quantitative estimate of drug-likeness (QED) is 0.832. The Kier molecular flexibility index (Phi) is 4.37. The lowest BCUT2D eigenvalue weighted by atomic mass is 9.81. The normalized spacial score (nSPS) is 12.8. The zero-order valence-electron chi connectivity index (χ0n) is 12.2. The predicted octanol–water partition coefficient (Wildman–Crippen LogP) is 3.87. The van der Waals surface area contributed by atoms with Gasteiger partial charge in [0.2, 0.25) is 0 Å². The fraction of sp³-hybridized carbons (Fsp3) is 0.625. The third-order valence-electron chi connectivity index (χ3n) is 3.35. The average molecular weight is 233 g/mol. The fourth-order valence-electron chi connectivity index (χ4n) is 1.96. The molecule has 1 nitrogen and oxygen atoms in total. The van der Waals surface area contributed by atoms with Crippen molar-refractivity contribution in [3.8, 4) is 0 Å². The second-order valence-electron chi connectivity index (χ2n) is 6.49. The summed E-state index contributed by atoms with van der Waals surface area (Å²) in [6.07, 6.45) is 0. The van der Waals surface area contributed by atoms with Gasteiger partial charge in [-0.05, 0) is 23.1 Å². The van der Waals surface area contributed by atoms with Gasteiger partial charge in [-0.25, -0.2) is 0 Å². The zero-order chi connectivity index (χ0) is 13.1. The smallest absolute Gasteiger partial charge is 0.00430 e. The van der Waals surface area contributed by atoms with Crippen molar-refractivity contribution in [1.82, 2.24) is 5.32 Å². The van der Waals surface area contributed by atoms with E-state index in [9.17, 15) is 0 Å². The minimum absolute atomic E-state index is 0.201. The van der Waals surface area contributed by atoms with Crippen LogP contribution in [-0.2, 0) is 10.8 Å². The van der Waals surface area contributed by atoms with Gasteiger partial charge in [-0.1, -0.05) is 65.8 Å². The van der Waals surface area contributed by atoms with Crippen LogP contribution in [0, 0.1) is 0 Å². The van der Waals surface area contributed by atoms with E-state index in [1.807, 2.05) is 0 Å². The summed E-state index contributed by atoms with van der Waals surface area (Å²) in [7, 11) is 0. The van der Waals surface area contributed by atoms with E-state index in [0.717, 1.165) is 13.1 Å². The fourth-order valence-corrected chi connectivity index (χ4v) is 1.96. The van der Waals surface area contributed by atoms with E-state index < -0.39 is 0 Å². The summed E-state index contributed by atoms with van der Waals surface area (Å²) in [5.74, 6) is 0. The lowest BCUT2D eigenvalue weighted by Gasteiger charge is -2.27. The Bertz CT molecular complexity index is 341. The Labute approximate surface area is 107 Å². The summed E-state index contributed by atoms with van der Waals surface area (Å²) in [6.45, 7) is 15.6. The molecule has 0 saturated heterocycles. The molecule has 0 aliphatic rings. The van der Waals surface area contributed by atoms with Crippen LogP contribution in [-0.4, -0.2) is 13.1 Å². The van der Waals surface area contributed by atoms with E-state index in [1.54, 1.807) is 0 Å². The molecule has 1 rings (SSSR count). The van der Waals surface area contributed by atoms with Crippen molar-refractivity contribution in [2.45, 2.75) is 52.4 Å². The maximum atomic E-state index is 3.43. The molecule has 0 radical (unpaired) electrons. The van der Waals surface area contributed by atoms with E-state index in [0.29, 0.717) is 0 Å². The number of rotatable bonds is 4. The van der Waals surface area contributed by atoms with Crippen LogP contribution >= 0.6 is 0 Å². The van der Waals surface area contributed by atoms with Gasteiger partial charge in [-0.3, -0.25) is 0 Å². The van der Waals surface area contributed by atoms with E-state index in [2.05, 4.69) is 71.1 Å². The highest BCUT2D eigenvalue weighted by molar-refractivity contribution is 5.31. The van der Waals surface area contributed by atoms with Gasteiger partial charge in [0, 0.05) is 12.0 Å². The lowest BCUT2D eigenvalue weighted by Crippen LogP contribution is -2.32. The molecule has 0 unspecified atom stereocenters. The molecule has 0 spiro atoms. The minimum atomic E-state index is 0.201. The van der Waals surface area contributed by atoms with Crippen molar-refractivity contribution in [1.29, 1.82) is 0 Å². The number of hydrogen-bond donors (Lipinski definition) is 1. The van der Waals surface area contributed by atoms with Gasteiger partial charge in [0.15, 0.2) is 0 Å². The number of benzene rings is 1. The second kappa shape index (κ2) is 5.22. The highest BCUT2D eigenvalue weighted by atomic mass is 14.9. The Morgan fingerprint density at radius 2 is 1.35 bits per heavy atom. The number of hydrogen-bond acceptors (Lipinski definition) is 1. The van der Waals surface area contributed by atoms with Gasteiger partial charge in [0.1, 0.15) is 0 Å². The highest BCUT2D eigenvalue weighted by Gasteiger charge is 2.21. The molecule has 0 aliphatic heterocycles. The Morgan fingerprint density at radius 3 is 1.76 bits per heavy atom. The highest BCUT2D eigenvalue weighted by Crippen LogP contribution is 2.27. The molecule has 0 aromatic heterocycles. The first kappa shape index (κ1) is 14.2. The summed E-state index contributed by atoms with van der Waals surface area (Å²) in [4.78, 5) is 0. The first-order valence-corrected chi connectivity index (χ1v) is 6.59. The van der Waals surface area contributed by atoms with Crippen molar-refractivity contribution in [2.24, 2.45) is 0 Å². The van der Waals surface area contributed by atoms with Crippen molar-refractivity contribution >= 4 is 0 Å². The zero-order valence-corrected chi connectivity index (χ0v) is 12.2. The molecule has 0 bridgehead atoms. The van der Waals surface area contributed by atoms with Crippen LogP contribution in [0.3, 0.4) is 0 Å². The molecule has 1 aromatic rings. The first-order chi connectivity index (χ1) is 7.77. The molecule has 96 valence electrons. The van der Waals surface area contributed by atoms with E-state index in [-0.39, 0.29) is 10.8 Å². The van der Waals surface area contributed by atoms with Crippen LogP contribution in [0.2, 0.25) is 0 Å². The van der Waals surface area contributed by atoms with Crippen molar-refractivity contribution < 1.29 is 0 Å². The Hall–Kier alpha value is -0.820. The largest absolute Gasteiger partial charge is 0.316 e. The molecule has 0 heterocycles. The predicted molar refractivity (Wildman–Crippen MR) is 76.7 cm³/mol. The van der Waals surface area contributed by atoms with Crippen LogP contribution in [0.4, 0.5) is 0 Å². The maximum Gasteiger partial charge on any atom is 0.00430 e. The summed E-state index contributed by atoms with van der Waals surface area (Å²) >= 11 is 0. The van der Waals surface area contributed by atoms with E-state index in [1.165, 1.54) is 11.1 Å². The monoisotopic (exact) mass is 233 g/mol. The van der Waals surface area contributed by atoms with E-state index in [4.69, 9.17) is 0 Å². The summed E-state index contributed by atoms with van der Waals surface area (Å²) in [5, 5.41) is 3.43. The van der Waals surface area contributed by atoms with Crippen molar-refractivity contribution in [3.05, 3.63) is 35.4 Å². The third-order valence-corrected chi connectivity index (χ3v) is 3.35. The molecule has 17 heavy (non-hydrogen) atoms. The summed E-state index contributed by atoms with van der Waals surface area (Å²) < 4.78 is 0. The maximum absolute atomic E-state index is 3.43. The van der Waals surface area contributed by atoms with Crippen LogP contribution in [0.1, 0.15) is 52.7 Å². The molecular weight excluding hydrogens is 206 g/mol. The van der Waals surface area contributed by atoms with Crippen LogP contribution in [0.25, 0.3) is 0 Å². The van der Waals surface area contributed by atoms with Gasteiger partial charge in [-0.2, -0.15) is 0 Å². The van der Waals surface area contributed by atoms with Crippen LogP contribution in [0.5, 0.6) is 0 Å². The summed E-state index contributed by atoms with van der Waals surface area (Å²) in [6, 6.07) is 9.09. The van der Waals surface area contributed by atoms with Crippen molar-refractivity contribution in [2.75, 3.05) is 13.1 Å². The molecule has 0 fully saturated rings. The molecule has 0 atom stereocenters. The first-order valence-electron chi connectivity index (χ1n) is 6.59. The number of likely N-dealkylation sites (N-methyl/N-ethyl adjacent to an activating group) is 1. The van der Waals surface area contributed by atoms with Gasteiger partial charge in [0.25, 0.3) is 0 Å². The van der Waals surface area contributed by atoms with Gasteiger partial charge >= 0.3 is 0 Å². The number of nitrogens with one attached hydrogen (secondary N) is 1. The minimum Gasteiger partial charge on any atom is -0.316 e. The molecule has 0 saturated carbocycles. The lowest BCUT2D eigenvalue weighted by molar-refractivity contribution is 0.477. The van der Waals surface area contributed by atoms with E-state index >= 15 is 0 Å². The Morgan fingerprint density at radius 1 is 0.882 bits per heavy atom. The van der Waals surface area contributed by atoms with Gasteiger partial charge < -0.3 is 5.32 Å². The Balaban J connectivity index is 2.87. The standard InChI is InChI=1S/C16H27N/c1-7-17-12-16(5,6)14-10-8-13(9-11-14)15(2,3)4/h8-11,17H,7,12H2,1-6H3. The second-order valence-corrected chi connectivity index (χ2v) is 6.49. The molecule has 1 heteroatoms. The topological polar surface area (TPSA) is 12.0 Å². The molecule has 1 N–H and O–H groups in total. The van der Waals surface area contributed by atoms with Gasteiger partial charge in [0.05, 0.1) is 0 Å².